The van der Waals surface area contributed by atoms with E-state index in [1.807, 2.05) is 12.1 Å². The lowest BCUT2D eigenvalue weighted by atomic mass is 9.99. The number of fused-ring (bicyclic) bond motifs is 4. The van der Waals surface area contributed by atoms with Gasteiger partial charge in [0.05, 0.1) is 29.3 Å². The molecule has 2 N–H and O–H groups in total. The molecule has 2 aromatic carbocycles. The van der Waals surface area contributed by atoms with Crippen molar-refractivity contribution in [1.29, 1.82) is 5.26 Å². The van der Waals surface area contributed by atoms with Crippen molar-refractivity contribution in [3.8, 4) is 6.07 Å². The van der Waals surface area contributed by atoms with Crippen molar-refractivity contribution in [3.05, 3.63) is 65.4 Å². The van der Waals surface area contributed by atoms with Crippen LogP contribution >= 0.6 is 0 Å². The van der Waals surface area contributed by atoms with E-state index in [4.69, 9.17) is 10.5 Å². The first-order chi connectivity index (χ1) is 16.6. The van der Waals surface area contributed by atoms with Crippen molar-refractivity contribution in [2.45, 2.75) is 37.7 Å². The summed E-state index contributed by atoms with van der Waals surface area (Å²) in [5, 5.41) is 10.6. The molecular formula is C27H30N6O. The maximum Gasteiger partial charge on any atom is 0.101 e. The van der Waals surface area contributed by atoms with E-state index in [0.29, 0.717) is 17.6 Å². The quantitative estimate of drug-likeness (QED) is 0.651. The third-order valence-corrected chi connectivity index (χ3v) is 7.87. The predicted octanol–water partition coefficient (Wildman–Crippen LogP) is 3.03. The van der Waals surface area contributed by atoms with Crippen molar-refractivity contribution >= 4 is 22.3 Å². The second-order valence-electron chi connectivity index (χ2n) is 9.81. The number of hydrogen-bond donors (Lipinski definition) is 1. The fourth-order valence-corrected chi connectivity index (χ4v) is 6.09. The van der Waals surface area contributed by atoms with Crippen molar-refractivity contribution in [3.63, 3.8) is 0 Å². The van der Waals surface area contributed by atoms with Crippen LogP contribution in [0.3, 0.4) is 0 Å². The monoisotopic (exact) mass is 454 g/mol. The number of hydrogen-bond acceptors (Lipinski definition) is 7. The SMILES string of the molecule is COC1CN(c2ccc3c(c2)CN2C(C)CN(c4ccc(C#N)c5ncccc45)CC32)C[C@@H]1N. The van der Waals surface area contributed by atoms with Gasteiger partial charge in [0.15, 0.2) is 0 Å². The van der Waals surface area contributed by atoms with E-state index in [-0.39, 0.29) is 12.1 Å². The Kier molecular flexibility index (Phi) is 5.18. The Morgan fingerprint density at radius 2 is 1.97 bits per heavy atom. The molecule has 4 atom stereocenters. The van der Waals surface area contributed by atoms with Crippen molar-refractivity contribution in [2.24, 2.45) is 5.73 Å². The summed E-state index contributed by atoms with van der Waals surface area (Å²) < 4.78 is 5.56. The average Bonchev–Trinajstić information content (AvgIpc) is 3.43. The number of nitrogens with zero attached hydrogens (tertiary/aromatic N) is 5. The number of aromatic nitrogens is 1. The van der Waals surface area contributed by atoms with Gasteiger partial charge in [0.2, 0.25) is 0 Å². The van der Waals surface area contributed by atoms with E-state index >= 15 is 0 Å². The normalized spacial score (nSPS) is 26.5. The zero-order valence-corrected chi connectivity index (χ0v) is 19.7. The van der Waals surface area contributed by atoms with Crippen molar-refractivity contribution < 1.29 is 4.74 Å². The summed E-state index contributed by atoms with van der Waals surface area (Å²) in [6.07, 6.45) is 1.85. The summed E-state index contributed by atoms with van der Waals surface area (Å²) in [5.74, 6) is 0. The number of anilines is 2. The van der Waals surface area contributed by atoms with Crippen LogP contribution in [0.1, 0.15) is 29.7 Å². The van der Waals surface area contributed by atoms with Crippen molar-refractivity contribution in [2.75, 3.05) is 43.1 Å². The summed E-state index contributed by atoms with van der Waals surface area (Å²) in [5.41, 5.74) is 12.9. The number of ether oxygens (including phenoxy) is 1. The topological polar surface area (TPSA) is 81.7 Å². The molecule has 7 heteroatoms. The fraction of sp³-hybridized carbons (Fsp3) is 0.407. The van der Waals surface area contributed by atoms with Gasteiger partial charge < -0.3 is 20.3 Å². The van der Waals surface area contributed by atoms with Crippen LogP contribution in [0.15, 0.2) is 48.7 Å². The fourth-order valence-electron chi connectivity index (χ4n) is 6.09. The molecule has 0 saturated carbocycles. The van der Waals surface area contributed by atoms with Gasteiger partial charge in [-0.2, -0.15) is 5.26 Å². The molecule has 0 bridgehead atoms. The van der Waals surface area contributed by atoms with E-state index < -0.39 is 0 Å². The minimum absolute atomic E-state index is 0.0508. The average molecular weight is 455 g/mol. The number of benzene rings is 2. The molecular weight excluding hydrogens is 424 g/mol. The summed E-state index contributed by atoms with van der Waals surface area (Å²) >= 11 is 0. The highest BCUT2D eigenvalue weighted by atomic mass is 16.5. The van der Waals surface area contributed by atoms with Gasteiger partial charge in [-0.05, 0) is 54.4 Å². The van der Waals surface area contributed by atoms with Crippen LogP contribution in [0.4, 0.5) is 11.4 Å². The second-order valence-corrected chi connectivity index (χ2v) is 9.81. The predicted molar refractivity (Wildman–Crippen MR) is 134 cm³/mol. The minimum atomic E-state index is 0.0508. The lowest BCUT2D eigenvalue weighted by molar-refractivity contribution is 0.108. The molecule has 0 spiro atoms. The highest BCUT2D eigenvalue weighted by Gasteiger charge is 2.40. The number of nitriles is 1. The summed E-state index contributed by atoms with van der Waals surface area (Å²) in [6.45, 7) is 6.84. The Morgan fingerprint density at radius 3 is 2.76 bits per heavy atom. The molecule has 0 amide bonds. The Balaban J connectivity index is 1.31. The van der Waals surface area contributed by atoms with Crippen LogP contribution in [0.5, 0.6) is 0 Å². The molecule has 3 unspecified atom stereocenters. The molecule has 3 aromatic rings. The third kappa shape index (κ3) is 3.33. The summed E-state index contributed by atoms with van der Waals surface area (Å²) in [6, 6.07) is 18.1. The molecule has 2 saturated heterocycles. The second kappa shape index (κ2) is 8.24. The van der Waals surface area contributed by atoms with E-state index in [2.05, 4.69) is 63.0 Å². The van der Waals surface area contributed by atoms with Gasteiger partial charge in [0, 0.05) is 68.8 Å². The zero-order chi connectivity index (χ0) is 23.4. The van der Waals surface area contributed by atoms with Crippen molar-refractivity contribution in [1.82, 2.24) is 9.88 Å². The minimum Gasteiger partial charge on any atom is -0.378 e. The van der Waals surface area contributed by atoms with Gasteiger partial charge >= 0.3 is 0 Å². The number of nitrogens with two attached hydrogens (primary N) is 1. The summed E-state index contributed by atoms with van der Waals surface area (Å²) in [4.78, 5) is 12.0. The van der Waals surface area contributed by atoms with E-state index in [1.165, 1.54) is 16.8 Å². The molecule has 174 valence electrons. The maximum atomic E-state index is 9.53. The molecule has 3 aliphatic rings. The van der Waals surface area contributed by atoms with Crippen LogP contribution < -0.4 is 15.5 Å². The van der Waals surface area contributed by atoms with E-state index in [9.17, 15) is 5.26 Å². The van der Waals surface area contributed by atoms with Gasteiger partial charge in [0.1, 0.15) is 6.07 Å². The van der Waals surface area contributed by atoms with Crippen LogP contribution in [0.2, 0.25) is 0 Å². The lowest BCUT2D eigenvalue weighted by Gasteiger charge is -2.43. The molecule has 3 aliphatic heterocycles. The number of pyridine rings is 1. The van der Waals surface area contributed by atoms with Gasteiger partial charge in [-0.15, -0.1) is 0 Å². The largest absolute Gasteiger partial charge is 0.378 e. The summed E-state index contributed by atoms with van der Waals surface area (Å²) in [7, 11) is 1.75. The smallest absolute Gasteiger partial charge is 0.101 e. The number of methoxy groups -OCH3 is 1. The molecule has 0 aliphatic carbocycles. The maximum absolute atomic E-state index is 9.53. The zero-order valence-electron chi connectivity index (χ0n) is 19.7. The Bertz CT molecular complexity index is 1290. The van der Waals surface area contributed by atoms with Gasteiger partial charge in [-0.25, -0.2) is 0 Å². The van der Waals surface area contributed by atoms with Gasteiger partial charge in [-0.1, -0.05) is 6.07 Å². The number of rotatable bonds is 3. The highest BCUT2D eigenvalue weighted by Crippen LogP contribution is 2.42. The van der Waals surface area contributed by atoms with Crippen LogP contribution in [0.25, 0.3) is 10.9 Å². The standard InChI is InChI=1S/C27H30N6O/c1-17-12-32(24-8-5-18(11-28)27-22(24)4-3-9-30-27)15-25-21-7-6-20(10-19(21)13-33(17)25)31-14-23(29)26(16-31)34-2/h3-10,17,23,25-26H,12-16,29H2,1-2H3/t17?,23-,25?,26?/m0/s1. The molecule has 6 rings (SSSR count). The third-order valence-electron chi connectivity index (χ3n) is 7.87. The van der Waals surface area contributed by atoms with E-state index in [1.54, 1.807) is 13.3 Å². The molecule has 7 nitrogen and oxygen atoms in total. The lowest BCUT2D eigenvalue weighted by Crippen LogP contribution is -2.51. The number of piperazine rings is 1. The van der Waals surface area contributed by atoms with E-state index in [0.717, 1.165) is 49.3 Å². The molecule has 2 fully saturated rings. The van der Waals surface area contributed by atoms with Crippen LogP contribution in [-0.2, 0) is 11.3 Å². The van der Waals surface area contributed by atoms with Crippen LogP contribution in [-0.4, -0.2) is 61.4 Å². The Morgan fingerprint density at radius 1 is 1.09 bits per heavy atom. The first-order valence-electron chi connectivity index (χ1n) is 12.0. The molecule has 1 aromatic heterocycles. The van der Waals surface area contributed by atoms with Gasteiger partial charge in [-0.3, -0.25) is 9.88 Å². The molecule has 4 heterocycles. The Labute approximate surface area is 200 Å². The van der Waals surface area contributed by atoms with Crippen LogP contribution in [0, 0.1) is 11.3 Å². The molecule has 0 radical (unpaired) electrons. The first kappa shape index (κ1) is 21.4. The molecule has 34 heavy (non-hydrogen) atoms. The Hall–Kier alpha value is -3.18. The highest BCUT2D eigenvalue weighted by molar-refractivity contribution is 5.95. The first-order valence-corrected chi connectivity index (χ1v) is 12.0. The van der Waals surface area contributed by atoms with Gasteiger partial charge in [0.25, 0.3) is 0 Å².